The van der Waals surface area contributed by atoms with Crippen LogP contribution in [0.3, 0.4) is 0 Å². The van der Waals surface area contributed by atoms with E-state index in [-0.39, 0.29) is 31.7 Å². The van der Waals surface area contributed by atoms with Crippen LogP contribution in [0.25, 0.3) is 0 Å². The highest BCUT2D eigenvalue weighted by atomic mass is 32.2. The van der Waals surface area contributed by atoms with Crippen molar-refractivity contribution in [2.75, 3.05) is 32.1 Å². The molecule has 1 unspecified atom stereocenters. The number of ether oxygens (including phenoxy) is 1. The van der Waals surface area contributed by atoms with Crippen molar-refractivity contribution in [1.29, 1.82) is 0 Å². The second-order valence-corrected chi connectivity index (χ2v) is 6.53. The second kappa shape index (κ2) is 7.97. The van der Waals surface area contributed by atoms with Crippen molar-refractivity contribution >= 4 is 21.9 Å². The predicted molar refractivity (Wildman–Crippen MR) is 73.8 cm³/mol. The van der Waals surface area contributed by atoms with Crippen LogP contribution in [0, 0.1) is 12.3 Å². The molecule has 0 aliphatic carbocycles. The lowest BCUT2D eigenvalue weighted by Crippen LogP contribution is -2.44. The highest BCUT2D eigenvalue weighted by molar-refractivity contribution is 7.89. The Hall–Kier alpha value is -1.63. The van der Waals surface area contributed by atoms with Gasteiger partial charge in [0.1, 0.15) is 6.04 Å². The van der Waals surface area contributed by atoms with Crippen LogP contribution in [0.15, 0.2) is 0 Å². The molecule has 0 bridgehead atoms. The first-order chi connectivity index (χ1) is 9.86. The lowest BCUT2D eigenvalue weighted by Gasteiger charge is -2.25. The highest BCUT2D eigenvalue weighted by Gasteiger charge is 2.26. The number of aliphatic carboxylic acids is 1. The predicted octanol–water partition coefficient (Wildman–Crippen LogP) is -1.37. The molecule has 0 aromatic heterocycles. The molecule has 118 valence electrons. The number of amides is 1. The van der Waals surface area contributed by atoms with Gasteiger partial charge in [-0.15, -0.1) is 12.3 Å². The number of terminal acetylenes is 1. The van der Waals surface area contributed by atoms with Gasteiger partial charge in [-0.3, -0.25) is 4.79 Å². The van der Waals surface area contributed by atoms with E-state index in [1.54, 1.807) is 0 Å². The second-order valence-electron chi connectivity index (χ2n) is 4.44. The molecule has 1 atom stereocenters. The van der Waals surface area contributed by atoms with Gasteiger partial charge in [0.2, 0.25) is 15.9 Å². The van der Waals surface area contributed by atoms with Crippen LogP contribution in [0.4, 0.5) is 0 Å². The summed E-state index contributed by atoms with van der Waals surface area (Å²) in [7, 11) is -3.54. The van der Waals surface area contributed by atoms with Crippen molar-refractivity contribution in [1.82, 2.24) is 9.62 Å². The van der Waals surface area contributed by atoms with Gasteiger partial charge in [0, 0.05) is 25.9 Å². The maximum absolute atomic E-state index is 12.0. The summed E-state index contributed by atoms with van der Waals surface area (Å²) in [6.45, 7) is 1.18. The normalized spacial score (nSPS) is 17.7. The topological polar surface area (TPSA) is 113 Å². The molecule has 1 aliphatic heterocycles. The van der Waals surface area contributed by atoms with Crippen LogP contribution in [0.5, 0.6) is 0 Å². The van der Waals surface area contributed by atoms with Gasteiger partial charge in [0.05, 0.1) is 19.0 Å². The fraction of sp³-hybridized carbons (Fsp3) is 0.667. The van der Waals surface area contributed by atoms with Crippen LogP contribution < -0.4 is 5.32 Å². The van der Waals surface area contributed by atoms with Crippen LogP contribution >= 0.6 is 0 Å². The molecule has 1 aliphatic rings. The maximum Gasteiger partial charge on any atom is 0.327 e. The van der Waals surface area contributed by atoms with Gasteiger partial charge < -0.3 is 15.2 Å². The van der Waals surface area contributed by atoms with E-state index in [1.165, 1.54) is 4.31 Å². The van der Waals surface area contributed by atoms with Gasteiger partial charge in [0.15, 0.2) is 0 Å². The molecule has 1 heterocycles. The number of nitrogens with one attached hydrogen (secondary N) is 1. The Kier molecular flexibility index (Phi) is 6.61. The molecule has 8 nitrogen and oxygen atoms in total. The Bertz CT molecular complexity index is 518. The summed E-state index contributed by atoms with van der Waals surface area (Å²) in [6, 6.07) is -1.20. The standard InChI is InChI=1S/C12H18N2O6S/c1-2-3-10(12(16)17)13-11(15)4-9-21(18,19)14-5-7-20-8-6-14/h1,10H,3-9H2,(H,13,15)(H,16,17). The van der Waals surface area contributed by atoms with Gasteiger partial charge >= 0.3 is 5.97 Å². The molecule has 0 aromatic carbocycles. The van der Waals surface area contributed by atoms with E-state index in [2.05, 4.69) is 11.2 Å². The van der Waals surface area contributed by atoms with Crippen molar-refractivity contribution in [3.05, 3.63) is 0 Å². The van der Waals surface area contributed by atoms with Crippen molar-refractivity contribution in [2.45, 2.75) is 18.9 Å². The molecule has 1 saturated heterocycles. The SMILES string of the molecule is C#CCC(NC(=O)CCS(=O)(=O)N1CCOCC1)C(=O)O. The van der Waals surface area contributed by atoms with Gasteiger partial charge in [-0.05, 0) is 0 Å². The van der Waals surface area contributed by atoms with E-state index < -0.39 is 27.9 Å². The largest absolute Gasteiger partial charge is 0.480 e. The van der Waals surface area contributed by atoms with E-state index >= 15 is 0 Å². The molecule has 1 amide bonds. The van der Waals surface area contributed by atoms with Gasteiger partial charge in [-0.2, -0.15) is 4.31 Å². The van der Waals surface area contributed by atoms with E-state index in [0.717, 1.165) is 0 Å². The molecule has 1 rings (SSSR count). The number of rotatable bonds is 7. The smallest absolute Gasteiger partial charge is 0.327 e. The Morgan fingerprint density at radius 3 is 2.52 bits per heavy atom. The summed E-state index contributed by atoms with van der Waals surface area (Å²) in [5, 5.41) is 11.0. The number of carboxylic acids is 1. The number of morpholine rings is 1. The Morgan fingerprint density at radius 1 is 1.38 bits per heavy atom. The van der Waals surface area contributed by atoms with Crippen molar-refractivity contribution in [3.8, 4) is 12.3 Å². The summed E-state index contributed by atoms with van der Waals surface area (Å²) < 4.78 is 30.3. The molecule has 1 fully saturated rings. The van der Waals surface area contributed by atoms with Crippen molar-refractivity contribution in [3.63, 3.8) is 0 Å². The molecule has 0 aromatic rings. The molecular formula is C12H18N2O6S. The van der Waals surface area contributed by atoms with Gasteiger partial charge in [-0.1, -0.05) is 0 Å². The third-order valence-corrected chi connectivity index (χ3v) is 4.78. The number of nitrogens with zero attached hydrogens (tertiary/aromatic N) is 1. The lowest BCUT2D eigenvalue weighted by atomic mass is 10.2. The summed E-state index contributed by atoms with van der Waals surface area (Å²) in [5.41, 5.74) is 0. The lowest BCUT2D eigenvalue weighted by molar-refractivity contribution is -0.141. The summed E-state index contributed by atoms with van der Waals surface area (Å²) in [4.78, 5) is 22.4. The fourth-order valence-corrected chi connectivity index (χ4v) is 3.17. The minimum atomic E-state index is -3.54. The Morgan fingerprint density at radius 2 is 2.00 bits per heavy atom. The molecule has 9 heteroatoms. The monoisotopic (exact) mass is 318 g/mol. The molecule has 0 radical (unpaired) electrons. The third-order valence-electron chi connectivity index (χ3n) is 2.91. The van der Waals surface area contributed by atoms with Crippen LogP contribution in [0.1, 0.15) is 12.8 Å². The van der Waals surface area contributed by atoms with Gasteiger partial charge in [0.25, 0.3) is 0 Å². The van der Waals surface area contributed by atoms with Crippen molar-refractivity contribution < 1.29 is 27.9 Å². The van der Waals surface area contributed by atoms with E-state index in [4.69, 9.17) is 16.3 Å². The number of carboxylic acid groups (broad SMARTS) is 1. The number of sulfonamides is 1. The zero-order valence-corrected chi connectivity index (χ0v) is 12.3. The molecular weight excluding hydrogens is 300 g/mol. The van der Waals surface area contributed by atoms with E-state index in [9.17, 15) is 18.0 Å². The molecule has 21 heavy (non-hydrogen) atoms. The Labute approximate surface area is 123 Å². The number of hydrogen-bond donors (Lipinski definition) is 2. The number of carbonyl (C=O) groups excluding carboxylic acids is 1. The zero-order valence-electron chi connectivity index (χ0n) is 11.4. The quantitative estimate of drug-likeness (QED) is 0.560. The highest BCUT2D eigenvalue weighted by Crippen LogP contribution is 2.07. The first-order valence-electron chi connectivity index (χ1n) is 6.38. The Balaban J connectivity index is 2.48. The summed E-state index contributed by atoms with van der Waals surface area (Å²) >= 11 is 0. The first-order valence-corrected chi connectivity index (χ1v) is 7.99. The maximum atomic E-state index is 12.0. The summed E-state index contributed by atoms with van der Waals surface area (Å²) in [6.07, 6.45) is 4.54. The first kappa shape index (κ1) is 17.4. The number of hydrogen-bond acceptors (Lipinski definition) is 5. The minimum Gasteiger partial charge on any atom is -0.480 e. The van der Waals surface area contributed by atoms with Gasteiger partial charge in [-0.25, -0.2) is 13.2 Å². The minimum absolute atomic E-state index is 0.155. The average Bonchev–Trinajstić information content (AvgIpc) is 2.45. The molecule has 0 spiro atoms. The van der Waals surface area contributed by atoms with E-state index in [0.29, 0.717) is 13.2 Å². The molecule has 0 saturated carbocycles. The van der Waals surface area contributed by atoms with Crippen LogP contribution in [-0.2, 0) is 24.3 Å². The molecule has 2 N–H and O–H groups in total. The third kappa shape index (κ3) is 5.71. The average molecular weight is 318 g/mol. The summed E-state index contributed by atoms with van der Waals surface area (Å²) in [5.74, 6) is -0.142. The van der Waals surface area contributed by atoms with Crippen LogP contribution in [-0.4, -0.2) is 67.8 Å². The van der Waals surface area contributed by atoms with Crippen LogP contribution in [0.2, 0.25) is 0 Å². The number of carbonyl (C=O) groups is 2. The zero-order chi connectivity index (χ0) is 15.9. The van der Waals surface area contributed by atoms with Crippen molar-refractivity contribution in [2.24, 2.45) is 0 Å². The van der Waals surface area contributed by atoms with E-state index in [1.807, 2.05) is 0 Å². The fourth-order valence-electron chi connectivity index (χ4n) is 1.76.